The van der Waals surface area contributed by atoms with E-state index in [0.717, 1.165) is 6.07 Å². The summed E-state index contributed by atoms with van der Waals surface area (Å²) < 4.78 is 18.9. The van der Waals surface area contributed by atoms with E-state index in [-0.39, 0.29) is 16.9 Å². The monoisotopic (exact) mass is 244 g/mol. The van der Waals surface area contributed by atoms with Crippen LogP contribution in [0.2, 0.25) is 0 Å². The van der Waals surface area contributed by atoms with Gasteiger partial charge in [0.2, 0.25) is 0 Å². The second-order valence-electron chi connectivity index (χ2n) is 3.53. The molecular weight excluding hydrogens is 235 g/mol. The van der Waals surface area contributed by atoms with E-state index in [0.29, 0.717) is 18.3 Å². The smallest absolute Gasteiger partial charge is 0.174 e. The Bertz CT molecular complexity index is 579. The van der Waals surface area contributed by atoms with E-state index in [1.807, 2.05) is 0 Å². The second-order valence-corrected chi connectivity index (χ2v) is 3.53. The van der Waals surface area contributed by atoms with Crippen LogP contribution in [0.15, 0.2) is 42.5 Å². The van der Waals surface area contributed by atoms with E-state index in [1.54, 1.807) is 30.3 Å². The molecule has 0 radical (unpaired) electrons. The third-order valence-electron chi connectivity index (χ3n) is 2.39. The summed E-state index contributed by atoms with van der Waals surface area (Å²) in [5.41, 5.74) is 0.00573. The number of rotatable bonds is 4. The molecule has 90 valence electrons. The first-order valence-corrected chi connectivity index (χ1v) is 5.22. The normalized spacial score (nSPS) is 9.83. The molecule has 18 heavy (non-hydrogen) atoms. The average molecular weight is 244 g/mol. The van der Waals surface area contributed by atoms with Gasteiger partial charge in [0.15, 0.2) is 24.1 Å². The molecule has 0 spiro atoms. The van der Waals surface area contributed by atoms with Crippen molar-refractivity contribution in [2.75, 3.05) is 0 Å². The fourth-order valence-corrected chi connectivity index (χ4v) is 1.52. The average Bonchev–Trinajstić information content (AvgIpc) is 2.42. The minimum atomic E-state index is -0.688. The van der Waals surface area contributed by atoms with Gasteiger partial charge >= 0.3 is 0 Å². The Kier molecular flexibility index (Phi) is 3.48. The van der Waals surface area contributed by atoms with Crippen LogP contribution in [0.3, 0.4) is 0 Å². The SMILES string of the molecule is O=Cc1ccc(F)c(Oc2ccccc2)c1C=O. The van der Waals surface area contributed by atoms with Crippen LogP contribution >= 0.6 is 0 Å². The Morgan fingerprint density at radius 2 is 1.67 bits per heavy atom. The van der Waals surface area contributed by atoms with Crippen LogP contribution < -0.4 is 4.74 Å². The van der Waals surface area contributed by atoms with Crippen LogP contribution in [0.4, 0.5) is 4.39 Å². The molecule has 2 aromatic carbocycles. The van der Waals surface area contributed by atoms with Gasteiger partial charge in [-0.1, -0.05) is 18.2 Å². The number of ether oxygens (including phenoxy) is 1. The molecule has 0 aliphatic carbocycles. The van der Waals surface area contributed by atoms with Crippen LogP contribution in [-0.2, 0) is 0 Å². The van der Waals surface area contributed by atoms with Crippen molar-refractivity contribution in [1.29, 1.82) is 0 Å². The van der Waals surface area contributed by atoms with E-state index < -0.39 is 5.82 Å². The summed E-state index contributed by atoms with van der Waals surface area (Å²) in [6.45, 7) is 0. The standard InChI is InChI=1S/C14H9FO3/c15-13-7-6-10(8-16)12(9-17)14(13)18-11-4-2-1-3-5-11/h1-9H. The molecule has 0 aromatic heterocycles. The fraction of sp³-hybridized carbons (Fsp3) is 0. The summed E-state index contributed by atoms with van der Waals surface area (Å²) in [4.78, 5) is 21.7. The summed E-state index contributed by atoms with van der Waals surface area (Å²) in [7, 11) is 0. The van der Waals surface area contributed by atoms with Crippen LogP contribution in [0, 0.1) is 5.82 Å². The first-order chi connectivity index (χ1) is 8.76. The van der Waals surface area contributed by atoms with E-state index in [9.17, 15) is 14.0 Å². The zero-order chi connectivity index (χ0) is 13.0. The lowest BCUT2D eigenvalue weighted by Crippen LogP contribution is -1.99. The number of halogens is 1. The van der Waals surface area contributed by atoms with Crippen LogP contribution in [0.25, 0.3) is 0 Å². The first-order valence-electron chi connectivity index (χ1n) is 5.22. The summed E-state index contributed by atoms with van der Waals surface area (Å²) in [6.07, 6.45) is 0.895. The number of aldehydes is 2. The largest absolute Gasteiger partial charge is 0.454 e. The third-order valence-corrected chi connectivity index (χ3v) is 2.39. The molecule has 0 aliphatic rings. The van der Waals surface area contributed by atoms with Gasteiger partial charge in [-0.05, 0) is 24.3 Å². The topological polar surface area (TPSA) is 43.4 Å². The number of benzene rings is 2. The van der Waals surface area contributed by atoms with Crippen molar-refractivity contribution in [3.63, 3.8) is 0 Å². The van der Waals surface area contributed by atoms with E-state index in [1.165, 1.54) is 6.07 Å². The molecule has 0 unspecified atom stereocenters. The van der Waals surface area contributed by atoms with Gasteiger partial charge in [0.05, 0.1) is 5.56 Å². The van der Waals surface area contributed by atoms with Crippen molar-refractivity contribution in [1.82, 2.24) is 0 Å². The fourth-order valence-electron chi connectivity index (χ4n) is 1.52. The lowest BCUT2D eigenvalue weighted by atomic mass is 10.1. The maximum Gasteiger partial charge on any atom is 0.174 e. The highest BCUT2D eigenvalue weighted by atomic mass is 19.1. The van der Waals surface area contributed by atoms with Crippen molar-refractivity contribution in [3.8, 4) is 11.5 Å². The zero-order valence-corrected chi connectivity index (χ0v) is 9.30. The van der Waals surface area contributed by atoms with Gasteiger partial charge in [0, 0.05) is 5.56 Å². The number of carbonyl (C=O) groups is 2. The van der Waals surface area contributed by atoms with Crippen molar-refractivity contribution in [2.45, 2.75) is 0 Å². The molecule has 0 saturated carbocycles. The molecule has 0 fully saturated rings. The Hall–Kier alpha value is -2.49. The molecule has 0 bridgehead atoms. The van der Waals surface area contributed by atoms with Crippen molar-refractivity contribution >= 4 is 12.6 Å². The predicted octanol–water partition coefficient (Wildman–Crippen LogP) is 3.24. The molecular formula is C14H9FO3. The van der Waals surface area contributed by atoms with Crippen molar-refractivity contribution in [2.24, 2.45) is 0 Å². The molecule has 3 nitrogen and oxygen atoms in total. The molecule has 0 saturated heterocycles. The lowest BCUT2D eigenvalue weighted by molar-refractivity contribution is 0.109. The predicted molar refractivity (Wildman–Crippen MR) is 63.7 cm³/mol. The second kappa shape index (κ2) is 5.23. The highest BCUT2D eigenvalue weighted by Crippen LogP contribution is 2.29. The van der Waals surface area contributed by atoms with Gasteiger partial charge in [-0.2, -0.15) is 0 Å². The Morgan fingerprint density at radius 3 is 2.28 bits per heavy atom. The summed E-state index contributed by atoms with van der Waals surface area (Å²) in [5, 5.41) is 0. The van der Waals surface area contributed by atoms with Crippen LogP contribution in [-0.4, -0.2) is 12.6 Å². The molecule has 0 aliphatic heterocycles. The minimum Gasteiger partial charge on any atom is -0.454 e. The van der Waals surface area contributed by atoms with E-state index >= 15 is 0 Å². The van der Waals surface area contributed by atoms with Crippen molar-refractivity contribution < 1.29 is 18.7 Å². The van der Waals surface area contributed by atoms with Gasteiger partial charge in [-0.25, -0.2) is 4.39 Å². The van der Waals surface area contributed by atoms with E-state index in [2.05, 4.69) is 0 Å². The van der Waals surface area contributed by atoms with Gasteiger partial charge in [-0.15, -0.1) is 0 Å². The van der Waals surface area contributed by atoms with Crippen LogP contribution in [0.5, 0.6) is 11.5 Å². The molecule has 0 atom stereocenters. The summed E-state index contributed by atoms with van der Waals surface area (Å²) in [5.74, 6) is -0.532. The third kappa shape index (κ3) is 2.27. The molecule has 0 N–H and O–H groups in total. The number of para-hydroxylation sites is 1. The highest BCUT2D eigenvalue weighted by Gasteiger charge is 2.15. The maximum atomic E-state index is 13.6. The maximum absolute atomic E-state index is 13.6. The molecule has 2 aromatic rings. The lowest BCUT2D eigenvalue weighted by Gasteiger charge is -2.10. The van der Waals surface area contributed by atoms with Gasteiger partial charge in [0.1, 0.15) is 5.75 Å². The van der Waals surface area contributed by atoms with Crippen molar-refractivity contribution in [3.05, 3.63) is 59.4 Å². The Balaban J connectivity index is 2.49. The first kappa shape index (κ1) is 12.0. The zero-order valence-electron chi connectivity index (χ0n) is 9.30. The summed E-state index contributed by atoms with van der Waals surface area (Å²) >= 11 is 0. The van der Waals surface area contributed by atoms with Gasteiger partial charge in [-0.3, -0.25) is 9.59 Å². The minimum absolute atomic E-state index is 0.0890. The molecule has 4 heteroatoms. The molecule has 2 rings (SSSR count). The van der Waals surface area contributed by atoms with Gasteiger partial charge in [0.25, 0.3) is 0 Å². The van der Waals surface area contributed by atoms with Gasteiger partial charge < -0.3 is 4.74 Å². The number of hydrogen-bond donors (Lipinski definition) is 0. The molecule has 0 amide bonds. The Morgan fingerprint density at radius 1 is 0.944 bits per heavy atom. The molecule has 0 heterocycles. The Labute approximate surface area is 103 Å². The van der Waals surface area contributed by atoms with Crippen LogP contribution in [0.1, 0.15) is 20.7 Å². The van der Waals surface area contributed by atoms with E-state index in [4.69, 9.17) is 4.74 Å². The highest BCUT2D eigenvalue weighted by molar-refractivity contribution is 5.93. The quantitative estimate of drug-likeness (QED) is 0.775. The summed E-state index contributed by atoms with van der Waals surface area (Å²) in [6, 6.07) is 10.8. The number of carbonyl (C=O) groups excluding carboxylic acids is 2. The number of hydrogen-bond acceptors (Lipinski definition) is 3.